The molecule has 0 aliphatic heterocycles. The largest absolute Gasteiger partial charge is 0.358 e. The molecular formula is C18H21BrN2S. The summed E-state index contributed by atoms with van der Waals surface area (Å²) in [5.74, 6) is 0. The number of nitrogens with one attached hydrogen (secondary N) is 2. The fourth-order valence-corrected chi connectivity index (χ4v) is 2.74. The third-order valence-electron chi connectivity index (χ3n) is 3.43. The van der Waals surface area contributed by atoms with Crippen LogP contribution in [0.5, 0.6) is 0 Å². The van der Waals surface area contributed by atoms with Gasteiger partial charge >= 0.3 is 0 Å². The molecule has 116 valence electrons. The Balaban J connectivity index is 1.83. The maximum Gasteiger partial charge on any atom is 0.171 e. The molecule has 0 amide bonds. The first-order valence-corrected chi connectivity index (χ1v) is 8.76. The summed E-state index contributed by atoms with van der Waals surface area (Å²) >= 11 is 8.88. The summed E-state index contributed by atoms with van der Waals surface area (Å²) in [5.41, 5.74) is 3.57. The van der Waals surface area contributed by atoms with Crippen molar-refractivity contribution in [2.45, 2.75) is 32.7 Å². The van der Waals surface area contributed by atoms with E-state index in [0.717, 1.165) is 16.6 Å². The maximum atomic E-state index is 5.34. The van der Waals surface area contributed by atoms with Gasteiger partial charge in [0.1, 0.15) is 0 Å². The quantitative estimate of drug-likeness (QED) is 0.670. The van der Waals surface area contributed by atoms with E-state index < -0.39 is 0 Å². The van der Waals surface area contributed by atoms with Crippen molar-refractivity contribution < 1.29 is 0 Å². The third-order valence-corrected chi connectivity index (χ3v) is 4.45. The zero-order chi connectivity index (χ0) is 15.8. The molecule has 2 aromatic carbocycles. The first-order valence-electron chi connectivity index (χ1n) is 7.56. The average molecular weight is 377 g/mol. The van der Waals surface area contributed by atoms with Crippen LogP contribution in [0.1, 0.15) is 30.9 Å². The van der Waals surface area contributed by atoms with E-state index in [0.29, 0.717) is 11.7 Å². The zero-order valence-corrected chi connectivity index (χ0v) is 15.1. The fourth-order valence-electron chi connectivity index (χ4n) is 2.13. The van der Waals surface area contributed by atoms with Crippen LogP contribution < -0.4 is 10.6 Å². The number of benzene rings is 2. The topological polar surface area (TPSA) is 24.1 Å². The number of anilines is 1. The standard InChI is InChI=1S/C18H21BrN2S/c1-2-3-6-14-9-11-16(12-10-14)21-18(22)20-13-15-7-4-5-8-17(15)19/h4-5,7-12H,2-3,6,13H2,1H3,(H2,20,21,22). The van der Waals surface area contributed by atoms with Gasteiger partial charge in [-0.25, -0.2) is 0 Å². The van der Waals surface area contributed by atoms with Crippen LogP contribution in [-0.2, 0) is 13.0 Å². The predicted octanol–water partition coefficient (Wildman–Crippen LogP) is 5.28. The molecule has 0 aromatic heterocycles. The number of hydrogen-bond donors (Lipinski definition) is 2. The normalized spacial score (nSPS) is 10.3. The molecule has 0 unspecified atom stereocenters. The Morgan fingerprint density at radius 3 is 2.50 bits per heavy atom. The van der Waals surface area contributed by atoms with Crippen molar-refractivity contribution in [3.05, 3.63) is 64.1 Å². The Morgan fingerprint density at radius 1 is 1.09 bits per heavy atom. The molecule has 2 rings (SSSR count). The van der Waals surface area contributed by atoms with Gasteiger partial charge in [0.2, 0.25) is 0 Å². The van der Waals surface area contributed by atoms with Gasteiger partial charge in [-0.1, -0.05) is 59.6 Å². The minimum atomic E-state index is 0.636. The van der Waals surface area contributed by atoms with Crippen molar-refractivity contribution in [3.8, 4) is 0 Å². The number of rotatable bonds is 6. The lowest BCUT2D eigenvalue weighted by atomic mass is 10.1. The molecule has 2 aromatic rings. The fraction of sp³-hybridized carbons (Fsp3) is 0.278. The predicted molar refractivity (Wildman–Crippen MR) is 102 cm³/mol. The zero-order valence-electron chi connectivity index (χ0n) is 12.7. The second-order valence-electron chi connectivity index (χ2n) is 5.20. The highest BCUT2D eigenvalue weighted by Crippen LogP contribution is 2.15. The lowest BCUT2D eigenvalue weighted by molar-refractivity contribution is 0.795. The van der Waals surface area contributed by atoms with Crippen molar-refractivity contribution in [2.24, 2.45) is 0 Å². The summed E-state index contributed by atoms with van der Waals surface area (Å²) in [7, 11) is 0. The maximum absolute atomic E-state index is 5.34. The molecule has 0 fully saturated rings. The molecule has 0 atom stereocenters. The van der Waals surface area contributed by atoms with Crippen molar-refractivity contribution in [1.82, 2.24) is 5.32 Å². The van der Waals surface area contributed by atoms with Crippen LogP contribution in [0.3, 0.4) is 0 Å². The van der Waals surface area contributed by atoms with Crippen LogP contribution in [0.25, 0.3) is 0 Å². The molecule has 0 bridgehead atoms. The van der Waals surface area contributed by atoms with Crippen LogP contribution in [0.4, 0.5) is 5.69 Å². The van der Waals surface area contributed by atoms with E-state index in [-0.39, 0.29) is 0 Å². The molecular weight excluding hydrogens is 356 g/mol. The second kappa shape index (κ2) is 8.91. The first-order chi connectivity index (χ1) is 10.7. The minimum Gasteiger partial charge on any atom is -0.358 e. The molecule has 0 spiro atoms. The van der Waals surface area contributed by atoms with Gasteiger partial charge in [0.25, 0.3) is 0 Å². The number of aryl methyl sites for hydroxylation is 1. The van der Waals surface area contributed by atoms with Crippen molar-refractivity contribution in [1.29, 1.82) is 0 Å². The summed E-state index contributed by atoms with van der Waals surface area (Å²) in [6.07, 6.45) is 3.60. The number of thiocarbonyl (C=S) groups is 1. The van der Waals surface area contributed by atoms with Crippen LogP contribution in [0.15, 0.2) is 53.0 Å². The summed E-state index contributed by atoms with van der Waals surface area (Å²) in [4.78, 5) is 0. The number of hydrogen-bond acceptors (Lipinski definition) is 1. The van der Waals surface area contributed by atoms with Gasteiger partial charge < -0.3 is 10.6 Å². The van der Waals surface area contributed by atoms with E-state index in [2.05, 4.69) is 63.8 Å². The Labute approximate surface area is 146 Å². The Hall–Kier alpha value is -1.39. The smallest absolute Gasteiger partial charge is 0.171 e. The summed E-state index contributed by atoms with van der Waals surface area (Å²) in [6, 6.07) is 16.6. The molecule has 0 heterocycles. The van der Waals surface area contributed by atoms with Gasteiger partial charge in [0.15, 0.2) is 5.11 Å². The van der Waals surface area contributed by atoms with E-state index in [1.54, 1.807) is 0 Å². The second-order valence-corrected chi connectivity index (χ2v) is 6.46. The Kier molecular flexibility index (Phi) is 6.87. The molecule has 0 saturated heterocycles. The number of unbranched alkanes of at least 4 members (excludes halogenated alkanes) is 1. The van der Waals surface area contributed by atoms with Gasteiger partial charge in [-0.05, 0) is 54.4 Å². The van der Waals surface area contributed by atoms with Crippen molar-refractivity contribution in [3.63, 3.8) is 0 Å². The lowest BCUT2D eigenvalue weighted by Gasteiger charge is -2.12. The molecule has 0 saturated carbocycles. The van der Waals surface area contributed by atoms with Gasteiger partial charge in [-0.3, -0.25) is 0 Å². The van der Waals surface area contributed by atoms with E-state index in [1.165, 1.54) is 24.0 Å². The van der Waals surface area contributed by atoms with E-state index in [9.17, 15) is 0 Å². The molecule has 4 heteroatoms. The van der Waals surface area contributed by atoms with Gasteiger partial charge in [0.05, 0.1) is 0 Å². The van der Waals surface area contributed by atoms with E-state index in [4.69, 9.17) is 12.2 Å². The average Bonchev–Trinajstić information content (AvgIpc) is 2.53. The number of halogens is 1. The van der Waals surface area contributed by atoms with E-state index >= 15 is 0 Å². The van der Waals surface area contributed by atoms with Gasteiger partial charge in [-0.2, -0.15) is 0 Å². The Morgan fingerprint density at radius 2 is 1.82 bits per heavy atom. The third kappa shape index (κ3) is 5.43. The minimum absolute atomic E-state index is 0.636. The highest BCUT2D eigenvalue weighted by Gasteiger charge is 2.01. The van der Waals surface area contributed by atoms with Crippen LogP contribution in [-0.4, -0.2) is 5.11 Å². The highest BCUT2D eigenvalue weighted by molar-refractivity contribution is 9.10. The summed E-state index contributed by atoms with van der Waals surface area (Å²) < 4.78 is 1.09. The van der Waals surface area contributed by atoms with Gasteiger partial charge in [-0.15, -0.1) is 0 Å². The first kappa shape index (κ1) is 17.0. The van der Waals surface area contributed by atoms with Crippen molar-refractivity contribution >= 4 is 38.9 Å². The van der Waals surface area contributed by atoms with Crippen molar-refractivity contribution in [2.75, 3.05) is 5.32 Å². The van der Waals surface area contributed by atoms with Crippen LogP contribution in [0, 0.1) is 0 Å². The summed E-state index contributed by atoms with van der Waals surface area (Å²) in [5, 5.41) is 7.08. The molecule has 22 heavy (non-hydrogen) atoms. The van der Waals surface area contributed by atoms with Crippen LogP contribution >= 0.6 is 28.1 Å². The molecule has 0 radical (unpaired) electrons. The van der Waals surface area contributed by atoms with Crippen LogP contribution in [0.2, 0.25) is 0 Å². The highest BCUT2D eigenvalue weighted by atomic mass is 79.9. The lowest BCUT2D eigenvalue weighted by Crippen LogP contribution is -2.27. The molecule has 2 nitrogen and oxygen atoms in total. The summed E-state index contributed by atoms with van der Waals surface area (Å²) in [6.45, 7) is 2.91. The Bertz CT molecular complexity index is 611. The monoisotopic (exact) mass is 376 g/mol. The van der Waals surface area contributed by atoms with E-state index in [1.807, 2.05) is 18.2 Å². The molecule has 2 N–H and O–H groups in total. The van der Waals surface area contributed by atoms with Gasteiger partial charge in [0, 0.05) is 16.7 Å². The SMILES string of the molecule is CCCCc1ccc(NC(=S)NCc2ccccc2Br)cc1. The molecule has 0 aliphatic carbocycles. The molecule has 0 aliphatic rings.